The molecular weight excluding hydrogens is 392 g/mol. The number of piperidine rings is 1. The van der Waals surface area contributed by atoms with Crippen LogP contribution in [0.1, 0.15) is 73.1 Å². The van der Waals surface area contributed by atoms with Crippen molar-refractivity contribution in [3.63, 3.8) is 0 Å². The van der Waals surface area contributed by atoms with Crippen LogP contribution in [0, 0.1) is 26.7 Å². The molecule has 3 fully saturated rings. The van der Waals surface area contributed by atoms with Crippen LogP contribution in [-0.4, -0.2) is 54.2 Å². The molecule has 0 aromatic heterocycles. The Morgan fingerprint density at radius 2 is 1.61 bits per heavy atom. The van der Waals surface area contributed by atoms with E-state index in [1.165, 1.54) is 24.3 Å². The van der Waals surface area contributed by atoms with E-state index in [0.717, 1.165) is 35.1 Å². The Kier molecular flexibility index (Phi) is 6.52. The SMILES string of the molecule is CON1CCC2(CC1)C(=O)C(c1c(C)cc(C)cc1C)C(=O)N2OCC1CCCCC1. The number of carbonyl (C=O) groups is 2. The number of benzene rings is 1. The summed E-state index contributed by atoms with van der Waals surface area (Å²) >= 11 is 0. The fraction of sp³-hybridized carbons (Fsp3) is 0.680. The molecule has 1 unspecified atom stereocenters. The molecule has 4 rings (SSSR count). The van der Waals surface area contributed by atoms with Gasteiger partial charge >= 0.3 is 0 Å². The molecule has 0 N–H and O–H groups in total. The number of rotatable bonds is 5. The van der Waals surface area contributed by atoms with Crippen molar-refractivity contribution in [2.45, 2.75) is 77.2 Å². The molecule has 1 aliphatic carbocycles. The van der Waals surface area contributed by atoms with Gasteiger partial charge in [-0.2, -0.15) is 5.06 Å². The molecule has 2 aliphatic heterocycles. The van der Waals surface area contributed by atoms with Crippen molar-refractivity contribution >= 4 is 11.7 Å². The summed E-state index contributed by atoms with van der Waals surface area (Å²) in [6, 6.07) is 4.13. The van der Waals surface area contributed by atoms with Gasteiger partial charge in [0.1, 0.15) is 11.5 Å². The largest absolute Gasteiger partial charge is 0.302 e. The van der Waals surface area contributed by atoms with Crippen LogP contribution in [0.2, 0.25) is 0 Å². The summed E-state index contributed by atoms with van der Waals surface area (Å²) in [5.41, 5.74) is 3.11. The van der Waals surface area contributed by atoms with Crippen LogP contribution in [0.15, 0.2) is 12.1 Å². The Morgan fingerprint density at radius 3 is 2.19 bits per heavy atom. The zero-order chi connectivity index (χ0) is 22.2. The smallest absolute Gasteiger partial charge is 0.262 e. The molecule has 31 heavy (non-hydrogen) atoms. The summed E-state index contributed by atoms with van der Waals surface area (Å²) in [4.78, 5) is 39.3. The number of aryl methyl sites for hydroxylation is 3. The van der Waals surface area contributed by atoms with E-state index in [2.05, 4.69) is 12.1 Å². The van der Waals surface area contributed by atoms with Crippen molar-refractivity contribution in [3.05, 3.63) is 34.4 Å². The lowest BCUT2D eigenvalue weighted by atomic mass is 9.79. The summed E-state index contributed by atoms with van der Waals surface area (Å²) in [6.07, 6.45) is 7.08. The third-order valence-electron chi connectivity index (χ3n) is 7.56. The van der Waals surface area contributed by atoms with E-state index in [1.807, 2.05) is 25.8 Å². The lowest BCUT2D eigenvalue weighted by Crippen LogP contribution is -2.56. The Balaban J connectivity index is 1.66. The highest BCUT2D eigenvalue weighted by molar-refractivity contribution is 6.17. The number of ketones is 1. The molecule has 1 spiro atoms. The van der Waals surface area contributed by atoms with Gasteiger partial charge in [0.2, 0.25) is 0 Å². The minimum absolute atomic E-state index is 0.00745. The molecule has 3 aliphatic rings. The molecule has 2 heterocycles. The molecule has 1 atom stereocenters. The van der Waals surface area contributed by atoms with Gasteiger partial charge in [0, 0.05) is 13.1 Å². The summed E-state index contributed by atoms with van der Waals surface area (Å²) in [6.45, 7) is 7.79. The third-order valence-corrected chi connectivity index (χ3v) is 7.56. The Hall–Kier alpha value is -1.76. The van der Waals surface area contributed by atoms with Crippen LogP contribution in [-0.2, 0) is 19.3 Å². The van der Waals surface area contributed by atoms with E-state index in [4.69, 9.17) is 9.68 Å². The maximum atomic E-state index is 13.9. The third kappa shape index (κ3) is 4.06. The zero-order valence-electron chi connectivity index (χ0n) is 19.4. The minimum Gasteiger partial charge on any atom is -0.302 e. The second-order valence-electron chi connectivity index (χ2n) is 9.69. The minimum atomic E-state index is -0.894. The van der Waals surface area contributed by atoms with Gasteiger partial charge in [0.15, 0.2) is 5.78 Å². The average molecular weight is 429 g/mol. The zero-order valence-corrected chi connectivity index (χ0v) is 19.4. The van der Waals surface area contributed by atoms with E-state index in [1.54, 1.807) is 7.11 Å². The van der Waals surface area contributed by atoms with Crippen molar-refractivity contribution in [3.8, 4) is 0 Å². The highest BCUT2D eigenvalue weighted by Crippen LogP contribution is 2.45. The normalized spacial score (nSPS) is 25.0. The first kappa shape index (κ1) is 22.4. The van der Waals surface area contributed by atoms with Crippen molar-refractivity contribution in [2.75, 3.05) is 26.8 Å². The summed E-state index contributed by atoms with van der Waals surface area (Å²) in [7, 11) is 1.65. The van der Waals surface area contributed by atoms with Crippen molar-refractivity contribution in [2.24, 2.45) is 5.92 Å². The summed E-state index contributed by atoms with van der Waals surface area (Å²) in [5.74, 6) is -0.510. The van der Waals surface area contributed by atoms with E-state index >= 15 is 0 Å². The highest BCUT2D eigenvalue weighted by Gasteiger charge is 2.61. The molecule has 6 nitrogen and oxygen atoms in total. The monoisotopic (exact) mass is 428 g/mol. The van der Waals surface area contributed by atoms with Crippen LogP contribution < -0.4 is 0 Å². The molecule has 1 saturated carbocycles. The van der Waals surface area contributed by atoms with Crippen molar-refractivity contribution in [1.82, 2.24) is 10.1 Å². The molecular formula is C25H36N2O4. The Labute approximate surface area is 185 Å². The summed E-state index contributed by atoms with van der Waals surface area (Å²) < 4.78 is 0. The first-order chi connectivity index (χ1) is 14.9. The standard InChI is InChI=1S/C25H36N2O4/c1-17-14-18(2)21(19(3)15-17)22-23(28)25(10-12-26(30-4)13-11-25)27(24(22)29)31-16-20-8-6-5-7-9-20/h14-15,20,22H,5-13,16H2,1-4H3. The van der Waals surface area contributed by atoms with Crippen LogP contribution in [0.25, 0.3) is 0 Å². The van der Waals surface area contributed by atoms with E-state index < -0.39 is 11.5 Å². The van der Waals surface area contributed by atoms with Crippen LogP contribution in [0.4, 0.5) is 0 Å². The molecule has 0 radical (unpaired) electrons. The quantitative estimate of drug-likeness (QED) is 0.663. The van der Waals surface area contributed by atoms with Gasteiger partial charge in [-0.25, -0.2) is 5.06 Å². The van der Waals surface area contributed by atoms with Gasteiger partial charge < -0.3 is 4.84 Å². The van der Waals surface area contributed by atoms with Crippen molar-refractivity contribution in [1.29, 1.82) is 0 Å². The van der Waals surface area contributed by atoms with Crippen molar-refractivity contribution < 1.29 is 19.3 Å². The predicted octanol–water partition coefficient (Wildman–Crippen LogP) is 4.01. The first-order valence-electron chi connectivity index (χ1n) is 11.8. The van der Waals surface area contributed by atoms with Crippen LogP contribution >= 0.6 is 0 Å². The number of carbonyl (C=O) groups excluding carboxylic acids is 2. The van der Waals surface area contributed by atoms with Gasteiger partial charge in [-0.1, -0.05) is 37.0 Å². The Morgan fingerprint density at radius 1 is 1.00 bits per heavy atom. The first-order valence-corrected chi connectivity index (χ1v) is 11.8. The van der Waals surface area contributed by atoms with Gasteiger partial charge in [-0.05, 0) is 69.1 Å². The molecule has 2 saturated heterocycles. The number of nitrogens with zero attached hydrogens (tertiary/aromatic N) is 2. The van der Waals surface area contributed by atoms with Gasteiger partial charge in [0.05, 0.1) is 13.7 Å². The number of Topliss-reactive ketones (excluding diaryl/α,β-unsaturated/α-hetero) is 1. The van der Waals surface area contributed by atoms with Gasteiger partial charge in [-0.15, -0.1) is 0 Å². The van der Waals surface area contributed by atoms with Gasteiger partial charge in [-0.3, -0.25) is 14.4 Å². The number of hydroxylamine groups is 4. The van der Waals surface area contributed by atoms with Crippen LogP contribution in [0.5, 0.6) is 0 Å². The second-order valence-corrected chi connectivity index (χ2v) is 9.69. The highest BCUT2D eigenvalue weighted by atomic mass is 16.7. The maximum Gasteiger partial charge on any atom is 0.262 e. The summed E-state index contributed by atoms with van der Waals surface area (Å²) in [5, 5.41) is 3.36. The fourth-order valence-electron chi connectivity index (χ4n) is 5.92. The second kappa shape index (κ2) is 9.00. The molecule has 170 valence electrons. The van der Waals surface area contributed by atoms with Crippen LogP contribution in [0.3, 0.4) is 0 Å². The fourth-order valence-corrected chi connectivity index (χ4v) is 5.92. The molecule has 1 amide bonds. The van der Waals surface area contributed by atoms with E-state index in [9.17, 15) is 9.59 Å². The van der Waals surface area contributed by atoms with E-state index in [0.29, 0.717) is 38.5 Å². The predicted molar refractivity (Wildman–Crippen MR) is 118 cm³/mol. The lowest BCUT2D eigenvalue weighted by molar-refractivity contribution is -0.234. The molecule has 0 bridgehead atoms. The van der Waals surface area contributed by atoms with Gasteiger partial charge in [0.25, 0.3) is 5.91 Å². The Bertz CT molecular complexity index is 815. The molecule has 1 aromatic rings. The van der Waals surface area contributed by atoms with E-state index in [-0.39, 0.29) is 11.7 Å². The average Bonchev–Trinajstić information content (AvgIpc) is 2.94. The number of hydrogen-bond acceptors (Lipinski definition) is 5. The molecule has 1 aromatic carbocycles. The molecule has 6 heteroatoms. The number of amides is 1. The topological polar surface area (TPSA) is 59.1 Å². The maximum absolute atomic E-state index is 13.9. The number of hydrogen-bond donors (Lipinski definition) is 0. The lowest BCUT2D eigenvalue weighted by Gasteiger charge is -2.41.